The predicted molar refractivity (Wildman–Crippen MR) is 109 cm³/mol. The highest BCUT2D eigenvalue weighted by Gasteiger charge is 2.18. The van der Waals surface area contributed by atoms with Crippen LogP contribution >= 0.6 is 0 Å². The average molecular weight is 370 g/mol. The lowest BCUT2D eigenvalue weighted by molar-refractivity contribution is 0.273. The number of hydrogen-bond acceptors (Lipinski definition) is 4. The van der Waals surface area contributed by atoms with Crippen LogP contribution in [0.1, 0.15) is 52.7 Å². The van der Waals surface area contributed by atoms with Crippen molar-refractivity contribution < 1.29 is 9.63 Å². The molecular formula is C22H30N2O3. The summed E-state index contributed by atoms with van der Waals surface area (Å²) < 4.78 is 6.42. The summed E-state index contributed by atoms with van der Waals surface area (Å²) in [6.07, 6.45) is 3.37. The summed E-state index contributed by atoms with van der Waals surface area (Å²) in [7, 11) is 0. The predicted octanol–water partition coefficient (Wildman–Crippen LogP) is 4.26. The van der Waals surface area contributed by atoms with Gasteiger partial charge in [0.15, 0.2) is 0 Å². The summed E-state index contributed by atoms with van der Waals surface area (Å²) in [6.45, 7) is 12.9. The van der Waals surface area contributed by atoms with Crippen LogP contribution in [0.3, 0.4) is 0 Å². The number of pyridine rings is 1. The molecule has 1 N–H and O–H groups in total. The molecule has 3 rings (SSSR count). The van der Waals surface area contributed by atoms with E-state index in [0.717, 1.165) is 16.5 Å². The monoisotopic (exact) mass is 370 g/mol. The molecule has 146 valence electrons. The fraction of sp³-hybridized carbons (Fsp3) is 0.455. The highest BCUT2D eigenvalue weighted by atomic mass is 16.5. The summed E-state index contributed by atoms with van der Waals surface area (Å²) in [5, 5.41) is 13.8. The minimum absolute atomic E-state index is 0.00551. The molecule has 27 heavy (non-hydrogen) atoms. The summed E-state index contributed by atoms with van der Waals surface area (Å²) >= 11 is 0. The molecule has 0 aliphatic carbocycles. The molecule has 0 bridgehead atoms. The Morgan fingerprint density at radius 2 is 1.78 bits per heavy atom. The van der Waals surface area contributed by atoms with Crippen molar-refractivity contribution in [2.75, 3.05) is 6.61 Å². The van der Waals surface area contributed by atoms with Crippen LogP contribution in [0.2, 0.25) is 0 Å². The van der Waals surface area contributed by atoms with Crippen LogP contribution in [-0.2, 0) is 17.4 Å². The molecule has 0 spiro atoms. The molecule has 2 heterocycles. The van der Waals surface area contributed by atoms with Gasteiger partial charge < -0.3 is 14.2 Å². The Bertz CT molecular complexity index is 940. The zero-order chi connectivity index (χ0) is 20.2. The first-order valence-electron chi connectivity index (χ1n) is 9.19. The van der Waals surface area contributed by atoms with Crippen molar-refractivity contribution in [1.29, 1.82) is 0 Å². The van der Waals surface area contributed by atoms with Crippen LogP contribution in [0.25, 0.3) is 10.9 Å². The average Bonchev–Trinajstić information content (AvgIpc) is 3.03. The second kappa shape index (κ2) is 8.09. The SMILES string of the molecule is CC(C)(C)c1ccc2conc2c1.CC(C)(C)c1cccn(CCO)c1=O. The van der Waals surface area contributed by atoms with Gasteiger partial charge in [-0.1, -0.05) is 58.8 Å². The summed E-state index contributed by atoms with van der Waals surface area (Å²) in [5.41, 5.74) is 3.03. The van der Waals surface area contributed by atoms with Crippen molar-refractivity contribution in [3.8, 4) is 0 Å². The van der Waals surface area contributed by atoms with Gasteiger partial charge in [0.05, 0.1) is 6.61 Å². The van der Waals surface area contributed by atoms with Crippen LogP contribution in [0, 0.1) is 0 Å². The van der Waals surface area contributed by atoms with E-state index >= 15 is 0 Å². The van der Waals surface area contributed by atoms with Gasteiger partial charge in [-0.05, 0) is 34.6 Å². The molecule has 0 unspecified atom stereocenters. The summed E-state index contributed by atoms with van der Waals surface area (Å²) in [4.78, 5) is 11.9. The maximum atomic E-state index is 11.9. The Balaban J connectivity index is 0.000000194. The van der Waals surface area contributed by atoms with E-state index in [9.17, 15) is 4.79 Å². The van der Waals surface area contributed by atoms with Crippen LogP contribution in [0.15, 0.2) is 52.1 Å². The zero-order valence-electron chi connectivity index (χ0n) is 17.1. The van der Waals surface area contributed by atoms with Crippen molar-refractivity contribution in [2.45, 2.75) is 58.9 Å². The maximum Gasteiger partial charge on any atom is 0.254 e. The number of hydrogen-bond donors (Lipinski definition) is 1. The zero-order valence-corrected chi connectivity index (χ0v) is 17.1. The van der Waals surface area contributed by atoms with E-state index in [-0.39, 0.29) is 23.0 Å². The standard InChI is InChI=1S/C11H17NO2.C11H13NO/c1-11(2,3)9-5-4-6-12(7-8-13)10(9)14;1-11(2,3)9-5-4-8-7-13-12-10(8)6-9/h4-6,13H,7-8H2,1-3H3;4-7H,1-3H3. The number of rotatable bonds is 2. The van der Waals surface area contributed by atoms with Crippen LogP contribution in [-0.4, -0.2) is 21.4 Å². The smallest absolute Gasteiger partial charge is 0.254 e. The van der Waals surface area contributed by atoms with Crippen molar-refractivity contribution in [3.63, 3.8) is 0 Å². The number of nitrogens with zero attached hydrogens (tertiary/aromatic N) is 2. The molecule has 0 saturated heterocycles. The van der Waals surface area contributed by atoms with Crippen molar-refractivity contribution in [1.82, 2.24) is 9.72 Å². The maximum absolute atomic E-state index is 11.9. The molecule has 5 heteroatoms. The van der Waals surface area contributed by atoms with E-state index in [1.807, 2.05) is 39.0 Å². The lowest BCUT2D eigenvalue weighted by Crippen LogP contribution is -2.30. The Labute approximate surface area is 160 Å². The quantitative estimate of drug-likeness (QED) is 0.732. The van der Waals surface area contributed by atoms with E-state index in [0.29, 0.717) is 6.54 Å². The first-order chi connectivity index (χ1) is 12.5. The number of aliphatic hydroxyl groups excluding tert-OH is 1. The van der Waals surface area contributed by atoms with Gasteiger partial charge in [-0.3, -0.25) is 4.79 Å². The Hall–Kier alpha value is -2.40. The Morgan fingerprint density at radius 1 is 1.07 bits per heavy atom. The van der Waals surface area contributed by atoms with Gasteiger partial charge in [0.2, 0.25) is 0 Å². The van der Waals surface area contributed by atoms with Crippen LogP contribution in [0.4, 0.5) is 0 Å². The first-order valence-corrected chi connectivity index (χ1v) is 9.19. The fourth-order valence-corrected chi connectivity index (χ4v) is 2.72. The van der Waals surface area contributed by atoms with E-state index in [1.54, 1.807) is 17.0 Å². The highest BCUT2D eigenvalue weighted by molar-refractivity contribution is 5.78. The molecule has 0 saturated carbocycles. The minimum Gasteiger partial charge on any atom is -0.395 e. The van der Waals surface area contributed by atoms with Crippen molar-refractivity contribution >= 4 is 10.9 Å². The first kappa shape index (κ1) is 20.9. The number of fused-ring (bicyclic) bond motifs is 1. The normalized spacial score (nSPS) is 12.0. The number of benzene rings is 1. The molecule has 2 aromatic heterocycles. The van der Waals surface area contributed by atoms with E-state index in [2.05, 4.69) is 38.1 Å². The van der Waals surface area contributed by atoms with E-state index < -0.39 is 0 Å². The molecule has 0 aliphatic heterocycles. The lowest BCUT2D eigenvalue weighted by Gasteiger charge is -2.18. The molecule has 0 fully saturated rings. The van der Waals surface area contributed by atoms with Crippen molar-refractivity contribution in [3.05, 3.63) is 64.3 Å². The second-order valence-electron chi connectivity index (χ2n) is 8.73. The fourth-order valence-electron chi connectivity index (χ4n) is 2.72. The van der Waals surface area contributed by atoms with Gasteiger partial charge in [-0.15, -0.1) is 0 Å². The van der Waals surface area contributed by atoms with Gasteiger partial charge in [0.1, 0.15) is 11.8 Å². The van der Waals surface area contributed by atoms with Crippen molar-refractivity contribution in [2.24, 2.45) is 0 Å². The molecule has 3 aromatic rings. The highest BCUT2D eigenvalue weighted by Crippen LogP contribution is 2.25. The summed E-state index contributed by atoms with van der Waals surface area (Å²) in [6, 6.07) is 9.94. The van der Waals surface area contributed by atoms with Gasteiger partial charge in [0.25, 0.3) is 5.56 Å². The third-order valence-electron chi connectivity index (χ3n) is 4.40. The minimum atomic E-state index is -0.143. The Kier molecular flexibility index (Phi) is 6.26. The molecule has 0 aliphatic rings. The largest absolute Gasteiger partial charge is 0.395 e. The molecule has 5 nitrogen and oxygen atoms in total. The lowest BCUT2D eigenvalue weighted by atomic mass is 9.87. The van der Waals surface area contributed by atoms with Gasteiger partial charge in [-0.25, -0.2) is 0 Å². The van der Waals surface area contributed by atoms with Gasteiger partial charge >= 0.3 is 0 Å². The van der Waals surface area contributed by atoms with E-state index in [4.69, 9.17) is 9.63 Å². The third kappa shape index (κ3) is 5.30. The van der Waals surface area contributed by atoms with E-state index in [1.165, 1.54) is 5.56 Å². The molecule has 1 aromatic carbocycles. The topological polar surface area (TPSA) is 68.3 Å². The number of aliphatic hydroxyl groups is 1. The van der Waals surface area contributed by atoms with Crippen LogP contribution in [0.5, 0.6) is 0 Å². The summed E-state index contributed by atoms with van der Waals surface area (Å²) in [5.74, 6) is 0. The molecule has 0 atom stereocenters. The van der Waals surface area contributed by atoms with Gasteiger partial charge in [-0.2, -0.15) is 0 Å². The molecular weight excluding hydrogens is 340 g/mol. The molecule has 0 radical (unpaired) electrons. The van der Waals surface area contributed by atoms with Crippen LogP contribution < -0.4 is 5.56 Å². The third-order valence-corrected chi connectivity index (χ3v) is 4.40. The van der Waals surface area contributed by atoms with Gasteiger partial charge in [0, 0.05) is 23.7 Å². The second-order valence-corrected chi connectivity index (χ2v) is 8.73. The number of aromatic nitrogens is 2. The Morgan fingerprint density at radius 3 is 2.37 bits per heavy atom. The molecule has 0 amide bonds.